The SMILES string of the molecule is CCOc1c(N)cccc1C(=O)N(C)CCC(C)C. The second kappa shape index (κ2) is 7.02. The lowest BCUT2D eigenvalue weighted by Crippen LogP contribution is -2.29. The number of carbonyl (C=O) groups is 1. The van der Waals surface area contributed by atoms with E-state index in [1.807, 2.05) is 14.0 Å². The van der Waals surface area contributed by atoms with Crippen LogP contribution in [-0.2, 0) is 0 Å². The van der Waals surface area contributed by atoms with Gasteiger partial charge in [-0.25, -0.2) is 0 Å². The number of nitrogen functional groups attached to an aromatic ring is 1. The van der Waals surface area contributed by atoms with Gasteiger partial charge in [0, 0.05) is 13.6 Å². The van der Waals surface area contributed by atoms with Crippen LogP contribution in [0.5, 0.6) is 5.75 Å². The number of benzene rings is 1. The number of nitrogens with zero attached hydrogens (tertiary/aromatic N) is 1. The minimum absolute atomic E-state index is 0.0450. The summed E-state index contributed by atoms with van der Waals surface area (Å²) in [6.45, 7) is 7.39. The molecule has 4 heteroatoms. The van der Waals surface area contributed by atoms with Crippen molar-refractivity contribution in [3.63, 3.8) is 0 Å². The summed E-state index contributed by atoms with van der Waals surface area (Å²) in [5.74, 6) is 1.02. The molecule has 19 heavy (non-hydrogen) atoms. The van der Waals surface area contributed by atoms with E-state index >= 15 is 0 Å². The molecule has 1 aromatic carbocycles. The maximum absolute atomic E-state index is 12.4. The molecule has 0 atom stereocenters. The maximum Gasteiger partial charge on any atom is 0.257 e. The van der Waals surface area contributed by atoms with Crippen LogP contribution in [-0.4, -0.2) is 31.0 Å². The predicted octanol–water partition coefficient (Wildman–Crippen LogP) is 2.79. The number of anilines is 1. The summed E-state index contributed by atoms with van der Waals surface area (Å²) in [4.78, 5) is 14.1. The van der Waals surface area contributed by atoms with E-state index in [9.17, 15) is 4.79 Å². The number of hydrogen-bond acceptors (Lipinski definition) is 3. The average molecular weight is 264 g/mol. The van der Waals surface area contributed by atoms with Gasteiger partial charge in [0.15, 0.2) is 5.75 Å². The Kier molecular flexibility index (Phi) is 5.67. The van der Waals surface area contributed by atoms with E-state index in [1.165, 1.54) is 0 Å². The number of para-hydroxylation sites is 1. The average Bonchev–Trinajstić information content (AvgIpc) is 2.37. The molecule has 0 spiro atoms. The molecule has 106 valence electrons. The topological polar surface area (TPSA) is 55.6 Å². The molecule has 4 nitrogen and oxygen atoms in total. The fraction of sp³-hybridized carbons (Fsp3) is 0.533. The molecule has 0 unspecified atom stereocenters. The molecular weight excluding hydrogens is 240 g/mol. The summed E-state index contributed by atoms with van der Waals surface area (Å²) in [5, 5.41) is 0. The van der Waals surface area contributed by atoms with Crippen LogP contribution in [0.1, 0.15) is 37.6 Å². The third kappa shape index (κ3) is 4.16. The molecule has 0 saturated carbocycles. The number of ether oxygens (including phenoxy) is 1. The molecule has 1 rings (SSSR count). The number of nitrogens with two attached hydrogens (primary N) is 1. The largest absolute Gasteiger partial charge is 0.491 e. The predicted molar refractivity (Wildman–Crippen MR) is 78.4 cm³/mol. The van der Waals surface area contributed by atoms with Gasteiger partial charge < -0.3 is 15.4 Å². The Balaban J connectivity index is 2.89. The summed E-state index contributed by atoms with van der Waals surface area (Å²) in [7, 11) is 1.81. The summed E-state index contributed by atoms with van der Waals surface area (Å²) >= 11 is 0. The lowest BCUT2D eigenvalue weighted by molar-refractivity contribution is 0.0785. The van der Waals surface area contributed by atoms with E-state index in [0.717, 1.165) is 13.0 Å². The van der Waals surface area contributed by atoms with Gasteiger partial charge in [0.2, 0.25) is 0 Å². The quantitative estimate of drug-likeness (QED) is 0.804. The van der Waals surface area contributed by atoms with Crippen molar-refractivity contribution >= 4 is 11.6 Å². The third-order valence-electron chi connectivity index (χ3n) is 2.95. The summed E-state index contributed by atoms with van der Waals surface area (Å²) in [5.41, 5.74) is 6.91. The highest BCUT2D eigenvalue weighted by atomic mass is 16.5. The van der Waals surface area contributed by atoms with E-state index in [4.69, 9.17) is 10.5 Å². The van der Waals surface area contributed by atoms with E-state index in [0.29, 0.717) is 29.5 Å². The van der Waals surface area contributed by atoms with Crippen molar-refractivity contribution in [2.75, 3.05) is 25.9 Å². The van der Waals surface area contributed by atoms with E-state index in [2.05, 4.69) is 13.8 Å². The van der Waals surface area contributed by atoms with E-state index in [1.54, 1.807) is 23.1 Å². The molecule has 2 N–H and O–H groups in total. The first-order valence-corrected chi connectivity index (χ1v) is 6.74. The normalized spacial score (nSPS) is 10.6. The van der Waals surface area contributed by atoms with Crippen LogP contribution in [0.15, 0.2) is 18.2 Å². The first kappa shape index (κ1) is 15.3. The third-order valence-corrected chi connectivity index (χ3v) is 2.95. The van der Waals surface area contributed by atoms with Gasteiger partial charge in [0.25, 0.3) is 5.91 Å². The Bertz CT molecular complexity index is 430. The van der Waals surface area contributed by atoms with Gasteiger partial charge in [-0.3, -0.25) is 4.79 Å². The van der Waals surface area contributed by atoms with Crippen molar-refractivity contribution in [2.45, 2.75) is 27.2 Å². The Morgan fingerprint density at radius 1 is 1.42 bits per heavy atom. The molecule has 1 aromatic rings. The first-order valence-electron chi connectivity index (χ1n) is 6.74. The number of amides is 1. The molecule has 0 radical (unpaired) electrons. The lowest BCUT2D eigenvalue weighted by Gasteiger charge is -2.20. The molecule has 0 bridgehead atoms. The molecule has 0 saturated heterocycles. The van der Waals surface area contributed by atoms with Gasteiger partial charge in [0.05, 0.1) is 17.9 Å². The number of carbonyl (C=O) groups excluding carboxylic acids is 1. The van der Waals surface area contributed by atoms with Crippen LogP contribution in [0.4, 0.5) is 5.69 Å². The van der Waals surface area contributed by atoms with Gasteiger partial charge in [-0.2, -0.15) is 0 Å². The summed E-state index contributed by atoms with van der Waals surface area (Å²) in [6.07, 6.45) is 0.981. The Morgan fingerprint density at radius 2 is 2.11 bits per heavy atom. The minimum Gasteiger partial charge on any atom is -0.491 e. The van der Waals surface area contributed by atoms with Gasteiger partial charge >= 0.3 is 0 Å². The number of rotatable bonds is 6. The Labute approximate surface area is 115 Å². The highest BCUT2D eigenvalue weighted by Gasteiger charge is 2.18. The summed E-state index contributed by atoms with van der Waals surface area (Å²) < 4.78 is 5.49. The van der Waals surface area contributed by atoms with Crippen LogP contribution in [0, 0.1) is 5.92 Å². The fourth-order valence-corrected chi connectivity index (χ4v) is 1.79. The van der Waals surface area contributed by atoms with Gasteiger partial charge in [0.1, 0.15) is 0 Å². The monoisotopic (exact) mass is 264 g/mol. The second-order valence-electron chi connectivity index (χ2n) is 5.07. The zero-order chi connectivity index (χ0) is 14.4. The van der Waals surface area contributed by atoms with Crippen LogP contribution >= 0.6 is 0 Å². The van der Waals surface area contributed by atoms with Crippen molar-refractivity contribution in [3.05, 3.63) is 23.8 Å². The highest BCUT2D eigenvalue weighted by molar-refractivity contribution is 5.98. The van der Waals surface area contributed by atoms with Gasteiger partial charge in [-0.15, -0.1) is 0 Å². The Morgan fingerprint density at radius 3 is 2.68 bits per heavy atom. The maximum atomic E-state index is 12.4. The van der Waals surface area contributed by atoms with Crippen LogP contribution in [0.3, 0.4) is 0 Å². The smallest absolute Gasteiger partial charge is 0.257 e. The van der Waals surface area contributed by atoms with Crippen molar-refractivity contribution < 1.29 is 9.53 Å². The fourth-order valence-electron chi connectivity index (χ4n) is 1.79. The standard InChI is InChI=1S/C15H24N2O2/c1-5-19-14-12(7-6-8-13(14)16)15(18)17(4)10-9-11(2)3/h6-8,11H,5,9-10,16H2,1-4H3. The highest BCUT2D eigenvalue weighted by Crippen LogP contribution is 2.27. The molecule has 1 amide bonds. The summed E-state index contributed by atoms with van der Waals surface area (Å²) in [6, 6.07) is 5.28. The van der Waals surface area contributed by atoms with Crippen LogP contribution in [0.25, 0.3) is 0 Å². The van der Waals surface area contributed by atoms with Crippen molar-refractivity contribution in [1.82, 2.24) is 4.90 Å². The minimum atomic E-state index is -0.0450. The zero-order valence-electron chi connectivity index (χ0n) is 12.3. The molecule has 0 heterocycles. The first-order chi connectivity index (χ1) is 8.97. The molecule has 0 aliphatic rings. The van der Waals surface area contributed by atoms with E-state index in [-0.39, 0.29) is 5.91 Å². The molecule has 0 aliphatic heterocycles. The molecular formula is C15H24N2O2. The zero-order valence-corrected chi connectivity index (χ0v) is 12.3. The Hall–Kier alpha value is -1.71. The van der Waals surface area contributed by atoms with Gasteiger partial charge in [-0.05, 0) is 31.4 Å². The lowest BCUT2D eigenvalue weighted by atomic mass is 10.1. The van der Waals surface area contributed by atoms with E-state index < -0.39 is 0 Å². The van der Waals surface area contributed by atoms with Crippen LogP contribution < -0.4 is 10.5 Å². The molecule has 0 fully saturated rings. The van der Waals surface area contributed by atoms with Crippen molar-refractivity contribution in [3.8, 4) is 5.75 Å². The van der Waals surface area contributed by atoms with Gasteiger partial charge in [-0.1, -0.05) is 19.9 Å². The van der Waals surface area contributed by atoms with Crippen LogP contribution in [0.2, 0.25) is 0 Å². The van der Waals surface area contributed by atoms with Crippen molar-refractivity contribution in [2.24, 2.45) is 5.92 Å². The van der Waals surface area contributed by atoms with Crippen molar-refractivity contribution in [1.29, 1.82) is 0 Å². The molecule has 0 aromatic heterocycles. The number of hydrogen-bond donors (Lipinski definition) is 1. The second-order valence-corrected chi connectivity index (χ2v) is 5.07. The molecule has 0 aliphatic carbocycles.